The molecule has 0 saturated carbocycles. The first-order valence-corrected chi connectivity index (χ1v) is 7.89. The largest absolute Gasteiger partial charge is 0.326 e. The van der Waals surface area contributed by atoms with Crippen LogP contribution in [0, 0.1) is 0 Å². The Balaban J connectivity index is 2.40. The molecule has 1 unspecified atom stereocenters. The molecule has 20 heavy (non-hydrogen) atoms. The molecule has 0 fully saturated rings. The first-order chi connectivity index (χ1) is 9.47. The van der Waals surface area contributed by atoms with Crippen LogP contribution in [0.1, 0.15) is 17.0 Å². The standard InChI is InChI=1S/C15H17NO3S/c16-14(11-20(17,18)19)15(12-7-3-1-4-8-12)13-9-5-2-6-10-13/h1-10,14-15H,11,16H2,(H,17,18,19). The van der Waals surface area contributed by atoms with Gasteiger partial charge in [0.15, 0.2) is 0 Å². The van der Waals surface area contributed by atoms with Gasteiger partial charge in [0.25, 0.3) is 10.1 Å². The highest BCUT2D eigenvalue weighted by molar-refractivity contribution is 7.85. The average Bonchev–Trinajstić information content (AvgIpc) is 2.39. The molecular formula is C15H17NO3S. The fraction of sp³-hybridized carbons (Fsp3) is 0.200. The van der Waals surface area contributed by atoms with E-state index in [9.17, 15) is 8.42 Å². The molecule has 0 heterocycles. The van der Waals surface area contributed by atoms with Gasteiger partial charge in [0, 0.05) is 12.0 Å². The molecule has 0 amide bonds. The van der Waals surface area contributed by atoms with Gasteiger partial charge >= 0.3 is 0 Å². The van der Waals surface area contributed by atoms with E-state index in [1.54, 1.807) is 0 Å². The van der Waals surface area contributed by atoms with E-state index >= 15 is 0 Å². The zero-order valence-corrected chi connectivity index (χ0v) is 11.7. The van der Waals surface area contributed by atoms with Crippen LogP contribution < -0.4 is 5.73 Å². The first-order valence-electron chi connectivity index (χ1n) is 6.28. The zero-order chi connectivity index (χ0) is 14.6. The maximum Gasteiger partial charge on any atom is 0.266 e. The molecule has 4 nitrogen and oxygen atoms in total. The lowest BCUT2D eigenvalue weighted by molar-refractivity contribution is 0.472. The van der Waals surface area contributed by atoms with Crippen molar-refractivity contribution < 1.29 is 13.0 Å². The lowest BCUT2D eigenvalue weighted by Crippen LogP contribution is -2.36. The molecule has 0 aliphatic carbocycles. The number of benzene rings is 2. The van der Waals surface area contributed by atoms with Crippen molar-refractivity contribution in [2.24, 2.45) is 5.73 Å². The second kappa shape index (κ2) is 6.17. The highest BCUT2D eigenvalue weighted by Gasteiger charge is 2.25. The van der Waals surface area contributed by atoms with Crippen molar-refractivity contribution in [3.63, 3.8) is 0 Å². The van der Waals surface area contributed by atoms with Crippen molar-refractivity contribution in [3.05, 3.63) is 71.8 Å². The molecule has 3 N–H and O–H groups in total. The summed E-state index contributed by atoms with van der Waals surface area (Å²) in [7, 11) is -4.11. The van der Waals surface area contributed by atoms with Gasteiger partial charge in [0.05, 0.1) is 5.75 Å². The molecule has 0 saturated heterocycles. The smallest absolute Gasteiger partial charge is 0.266 e. The zero-order valence-electron chi connectivity index (χ0n) is 10.9. The van der Waals surface area contributed by atoms with Crippen molar-refractivity contribution in [2.45, 2.75) is 12.0 Å². The van der Waals surface area contributed by atoms with Gasteiger partial charge in [-0.1, -0.05) is 60.7 Å². The minimum Gasteiger partial charge on any atom is -0.326 e. The molecule has 106 valence electrons. The molecule has 0 aromatic heterocycles. The minimum atomic E-state index is -4.11. The van der Waals surface area contributed by atoms with E-state index in [1.165, 1.54) is 0 Å². The number of hydrogen-bond donors (Lipinski definition) is 2. The molecule has 2 aromatic carbocycles. The Bertz CT molecular complexity index is 602. The Labute approximate surface area is 119 Å². The topological polar surface area (TPSA) is 80.4 Å². The summed E-state index contributed by atoms with van der Waals surface area (Å²) in [6.07, 6.45) is 0. The van der Waals surface area contributed by atoms with Crippen molar-refractivity contribution in [1.82, 2.24) is 0 Å². The second-order valence-electron chi connectivity index (χ2n) is 4.71. The van der Waals surface area contributed by atoms with Gasteiger partial charge < -0.3 is 5.73 Å². The van der Waals surface area contributed by atoms with Crippen LogP contribution >= 0.6 is 0 Å². The monoisotopic (exact) mass is 291 g/mol. The molecular weight excluding hydrogens is 274 g/mol. The van der Waals surface area contributed by atoms with Crippen LogP contribution in [-0.2, 0) is 10.1 Å². The van der Waals surface area contributed by atoms with Crippen molar-refractivity contribution in [3.8, 4) is 0 Å². The molecule has 5 heteroatoms. The van der Waals surface area contributed by atoms with Gasteiger partial charge in [0.2, 0.25) is 0 Å². The molecule has 0 bridgehead atoms. The third kappa shape index (κ3) is 3.90. The second-order valence-corrected chi connectivity index (χ2v) is 6.21. The fourth-order valence-corrected chi connectivity index (χ4v) is 3.03. The summed E-state index contributed by atoms with van der Waals surface area (Å²) in [6.45, 7) is 0. The number of hydrogen-bond acceptors (Lipinski definition) is 3. The minimum absolute atomic E-state index is 0.278. The Morgan fingerprint density at radius 3 is 1.65 bits per heavy atom. The molecule has 0 spiro atoms. The third-order valence-electron chi connectivity index (χ3n) is 3.15. The van der Waals surface area contributed by atoms with Crippen LogP contribution in [0.3, 0.4) is 0 Å². The highest BCUT2D eigenvalue weighted by atomic mass is 32.2. The molecule has 0 aliphatic rings. The van der Waals surface area contributed by atoms with Gasteiger partial charge in [-0.05, 0) is 11.1 Å². The lowest BCUT2D eigenvalue weighted by Gasteiger charge is -2.24. The normalized spacial score (nSPS) is 13.3. The van der Waals surface area contributed by atoms with Crippen LogP contribution in [-0.4, -0.2) is 24.8 Å². The summed E-state index contributed by atoms with van der Waals surface area (Å²) in [5, 5.41) is 0. The Kier molecular flexibility index (Phi) is 4.54. The quantitative estimate of drug-likeness (QED) is 0.826. The fourth-order valence-electron chi connectivity index (χ4n) is 2.35. The van der Waals surface area contributed by atoms with Gasteiger partial charge in [-0.2, -0.15) is 8.42 Å². The van der Waals surface area contributed by atoms with Gasteiger partial charge in [-0.25, -0.2) is 0 Å². The molecule has 2 aromatic rings. The van der Waals surface area contributed by atoms with Crippen LogP contribution in [0.4, 0.5) is 0 Å². The van der Waals surface area contributed by atoms with E-state index in [0.29, 0.717) is 0 Å². The maximum atomic E-state index is 11.1. The van der Waals surface area contributed by atoms with Crippen molar-refractivity contribution in [1.29, 1.82) is 0 Å². The lowest BCUT2D eigenvalue weighted by atomic mass is 9.86. The number of rotatable bonds is 5. The van der Waals surface area contributed by atoms with Crippen LogP contribution in [0.2, 0.25) is 0 Å². The predicted molar refractivity (Wildman–Crippen MR) is 79.1 cm³/mol. The summed E-state index contributed by atoms with van der Waals surface area (Å²) < 4.78 is 31.2. The van der Waals surface area contributed by atoms with Gasteiger partial charge in [-0.15, -0.1) is 0 Å². The molecule has 2 rings (SSSR count). The van der Waals surface area contributed by atoms with E-state index in [4.69, 9.17) is 10.3 Å². The van der Waals surface area contributed by atoms with Crippen molar-refractivity contribution >= 4 is 10.1 Å². The first kappa shape index (κ1) is 14.7. The van der Waals surface area contributed by atoms with E-state index < -0.39 is 21.9 Å². The summed E-state index contributed by atoms with van der Waals surface area (Å²) in [6, 6.07) is 18.2. The molecule has 0 aliphatic heterocycles. The van der Waals surface area contributed by atoms with E-state index in [0.717, 1.165) is 11.1 Å². The van der Waals surface area contributed by atoms with Crippen LogP contribution in [0.5, 0.6) is 0 Å². The highest BCUT2D eigenvalue weighted by Crippen LogP contribution is 2.27. The summed E-state index contributed by atoms with van der Waals surface area (Å²) in [5.41, 5.74) is 7.88. The van der Waals surface area contributed by atoms with Crippen LogP contribution in [0.15, 0.2) is 60.7 Å². The Hall–Kier alpha value is -1.69. The Morgan fingerprint density at radius 2 is 1.30 bits per heavy atom. The van der Waals surface area contributed by atoms with Gasteiger partial charge in [0.1, 0.15) is 0 Å². The number of nitrogens with two attached hydrogens (primary N) is 1. The van der Waals surface area contributed by atoms with E-state index in [2.05, 4.69) is 0 Å². The Morgan fingerprint density at radius 1 is 0.900 bits per heavy atom. The van der Waals surface area contributed by atoms with E-state index in [-0.39, 0.29) is 5.92 Å². The van der Waals surface area contributed by atoms with Gasteiger partial charge in [-0.3, -0.25) is 4.55 Å². The summed E-state index contributed by atoms with van der Waals surface area (Å²) in [4.78, 5) is 0. The average molecular weight is 291 g/mol. The predicted octanol–water partition coefficient (Wildman–Crippen LogP) is 2.03. The van der Waals surface area contributed by atoms with E-state index in [1.807, 2.05) is 60.7 Å². The van der Waals surface area contributed by atoms with Crippen LogP contribution in [0.25, 0.3) is 0 Å². The third-order valence-corrected chi connectivity index (χ3v) is 3.95. The SMILES string of the molecule is NC(CS(=O)(=O)O)C(c1ccccc1)c1ccccc1. The summed E-state index contributed by atoms with van der Waals surface area (Å²) >= 11 is 0. The molecule has 0 radical (unpaired) electrons. The maximum absolute atomic E-state index is 11.1. The summed E-state index contributed by atoms with van der Waals surface area (Å²) in [5.74, 6) is -0.749. The van der Waals surface area contributed by atoms with Crippen molar-refractivity contribution in [2.75, 3.05) is 5.75 Å². The molecule has 1 atom stereocenters.